The van der Waals surface area contributed by atoms with Crippen LogP contribution in [0, 0.1) is 0 Å². The average Bonchev–Trinajstić information content (AvgIpc) is 3.74. The fourth-order valence-corrected chi connectivity index (χ4v) is 9.30. The summed E-state index contributed by atoms with van der Waals surface area (Å²) in [5, 5.41) is 9.86. The normalized spacial score (nSPS) is 11.5. The number of nitrogens with zero attached hydrogens (tertiary/aromatic N) is 1. The Labute approximate surface area is 360 Å². The summed E-state index contributed by atoms with van der Waals surface area (Å²) in [6.07, 6.45) is 0. The van der Waals surface area contributed by atoms with Crippen LogP contribution < -0.4 is 4.90 Å². The van der Waals surface area contributed by atoms with Gasteiger partial charge in [0.2, 0.25) is 0 Å². The van der Waals surface area contributed by atoms with Crippen molar-refractivity contribution < 1.29 is 4.42 Å². The minimum atomic E-state index is 0.900. The molecule has 0 aliphatic carbocycles. The summed E-state index contributed by atoms with van der Waals surface area (Å²) < 4.78 is 6.25. The summed E-state index contributed by atoms with van der Waals surface area (Å²) in [4.78, 5) is 2.36. The topological polar surface area (TPSA) is 16.4 Å². The summed E-state index contributed by atoms with van der Waals surface area (Å²) in [7, 11) is 0. The monoisotopic (exact) mass is 789 g/mol. The molecule has 62 heavy (non-hydrogen) atoms. The number of fused-ring (bicyclic) bond motifs is 7. The van der Waals surface area contributed by atoms with E-state index in [1.54, 1.807) is 0 Å². The third kappa shape index (κ3) is 6.29. The number of hydrogen-bond acceptors (Lipinski definition) is 2. The maximum atomic E-state index is 6.25. The molecule has 0 saturated carbocycles. The van der Waals surface area contributed by atoms with E-state index in [-0.39, 0.29) is 0 Å². The molecular weight excluding hydrogens is 751 g/mol. The standard InChI is InChI=1S/C60H39NO/c1-2-11-46-37-49(25-23-40(46)9-1)47-12-7-13-53(39-47)61(52-34-29-45(30-35-52)56-16-8-18-59-60(56)57-15-5-6-17-58(57)62-59)51-32-27-42(28-33-51)41-19-21-43(22-20-41)48-31-36-55-50(38-48)26-24-44-10-3-4-14-54(44)55/h1-39H. The van der Waals surface area contributed by atoms with E-state index in [9.17, 15) is 0 Å². The van der Waals surface area contributed by atoms with Crippen molar-refractivity contribution >= 4 is 71.3 Å². The molecule has 12 aromatic rings. The van der Waals surface area contributed by atoms with Gasteiger partial charge in [-0.2, -0.15) is 0 Å². The molecule has 2 nitrogen and oxygen atoms in total. The van der Waals surface area contributed by atoms with Gasteiger partial charge >= 0.3 is 0 Å². The maximum absolute atomic E-state index is 6.25. The molecule has 2 heteroatoms. The summed E-state index contributed by atoms with van der Waals surface area (Å²) >= 11 is 0. The summed E-state index contributed by atoms with van der Waals surface area (Å²) in [6, 6.07) is 85.5. The number of rotatable bonds is 7. The number of furan rings is 1. The lowest BCUT2D eigenvalue weighted by molar-refractivity contribution is 0.669. The van der Waals surface area contributed by atoms with Gasteiger partial charge in [0.05, 0.1) is 0 Å². The van der Waals surface area contributed by atoms with E-state index in [1.165, 1.54) is 65.7 Å². The molecule has 1 heterocycles. The minimum absolute atomic E-state index is 0.900. The fourth-order valence-electron chi connectivity index (χ4n) is 9.30. The van der Waals surface area contributed by atoms with Crippen LogP contribution >= 0.6 is 0 Å². The van der Waals surface area contributed by atoms with Gasteiger partial charge in [0.25, 0.3) is 0 Å². The first-order valence-corrected chi connectivity index (χ1v) is 21.2. The van der Waals surface area contributed by atoms with Crippen LogP contribution in [0.25, 0.3) is 98.8 Å². The number of para-hydroxylation sites is 1. The maximum Gasteiger partial charge on any atom is 0.136 e. The number of benzene rings is 11. The molecule has 0 aliphatic heterocycles. The van der Waals surface area contributed by atoms with Crippen LogP contribution in [0.4, 0.5) is 17.1 Å². The van der Waals surface area contributed by atoms with Gasteiger partial charge in [-0.3, -0.25) is 0 Å². The van der Waals surface area contributed by atoms with Crippen molar-refractivity contribution in [3.63, 3.8) is 0 Å². The molecule has 0 fully saturated rings. The van der Waals surface area contributed by atoms with E-state index >= 15 is 0 Å². The van der Waals surface area contributed by atoms with Gasteiger partial charge in [-0.05, 0) is 137 Å². The Balaban J connectivity index is 0.898. The lowest BCUT2D eigenvalue weighted by atomic mass is 9.96. The Morgan fingerprint density at radius 1 is 0.258 bits per heavy atom. The van der Waals surface area contributed by atoms with Gasteiger partial charge in [-0.1, -0.05) is 176 Å². The molecule has 0 bridgehead atoms. The first kappa shape index (κ1) is 35.7. The molecule has 0 amide bonds. The predicted molar refractivity (Wildman–Crippen MR) is 263 cm³/mol. The van der Waals surface area contributed by atoms with Crippen molar-refractivity contribution in [3.05, 3.63) is 237 Å². The molecule has 0 aliphatic rings. The molecule has 0 spiro atoms. The summed E-state index contributed by atoms with van der Waals surface area (Å²) in [5.74, 6) is 0. The molecule has 290 valence electrons. The highest BCUT2D eigenvalue weighted by Gasteiger charge is 2.17. The van der Waals surface area contributed by atoms with Crippen molar-refractivity contribution in [1.29, 1.82) is 0 Å². The van der Waals surface area contributed by atoms with E-state index in [0.29, 0.717) is 0 Å². The Hall–Kier alpha value is -8.20. The van der Waals surface area contributed by atoms with E-state index in [0.717, 1.165) is 50.1 Å². The summed E-state index contributed by atoms with van der Waals surface area (Å²) in [6.45, 7) is 0. The van der Waals surface area contributed by atoms with Crippen LogP contribution in [0.5, 0.6) is 0 Å². The first-order chi connectivity index (χ1) is 30.7. The Morgan fingerprint density at radius 2 is 0.758 bits per heavy atom. The molecule has 11 aromatic carbocycles. The van der Waals surface area contributed by atoms with E-state index in [4.69, 9.17) is 4.42 Å². The molecular formula is C60H39NO. The molecule has 0 saturated heterocycles. The van der Waals surface area contributed by atoms with Gasteiger partial charge in [0.15, 0.2) is 0 Å². The first-order valence-electron chi connectivity index (χ1n) is 21.2. The van der Waals surface area contributed by atoms with Crippen molar-refractivity contribution in [2.75, 3.05) is 4.90 Å². The van der Waals surface area contributed by atoms with Crippen molar-refractivity contribution in [2.24, 2.45) is 0 Å². The highest BCUT2D eigenvalue weighted by molar-refractivity contribution is 6.12. The zero-order valence-electron chi connectivity index (χ0n) is 33.9. The third-order valence-electron chi connectivity index (χ3n) is 12.4. The fraction of sp³-hybridized carbons (Fsp3) is 0. The zero-order chi connectivity index (χ0) is 41.0. The van der Waals surface area contributed by atoms with Crippen molar-refractivity contribution in [1.82, 2.24) is 0 Å². The van der Waals surface area contributed by atoms with E-state index in [2.05, 4.69) is 229 Å². The summed E-state index contributed by atoms with van der Waals surface area (Å²) in [5.41, 5.74) is 14.5. The highest BCUT2D eigenvalue weighted by atomic mass is 16.3. The van der Waals surface area contributed by atoms with Gasteiger partial charge < -0.3 is 9.32 Å². The van der Waals surface area contributed by atoms with Crippen LogP contribution in [0.15, 0.2) is 241 Å². The average molecular weight is 790 g/mol. The van der Waals surface area contributed by atoms with Crippen molar-refractivity contribution in [3.8, 4) is 44.5 Å². The molecule has 0 radical (unpaired) electrons. The minimum Gasteiger partial charge on any atom is -0.456 e. The Kier molecular flexibility index (Phi) is 8.53. The van der Waals surface area contributed by atoms with Gasteiger partial charge in [0.1, 0.15) is 11.2 Å². The van der Waals surface area contributed by atoms with Crippen LogP contribution in [0.1, 0.15) is 0 Å². The largest absolute Gasteiger partial charge is 0.456 e. The predicted octanol–water partition coefficient (Wildman–Crippen LogP) is 17.2. The Morgan fingerprint density at radius 3 is 1.55 bits per heavy atom. The SMILES string of the molecule is c1cc(-c2ccc3ccccc3c2)cc(N(c2ccc(-c3ccc(-c4ccc5c(ccc6ccccc65)c4)cc3)cc2)c2ccc(-c3cccc4oc5ccccc5c34)cc2)c1. The molecule has 1 aromatic heterocycles. The highest BCUT2D eigenvalue weighted by Crippen LogP contribution is 2.41. The van der Waals surface area contributed by atoms with Crippen LogP contribution in [-0.4, -0.2) is 0 Å². The van der Waals surface area contributed by atoms with Crippen molar-refractivity contribution in [2.45, 2.75) is 0 Å². The van der Waals surface area contributed by atoms with E-state index in [1.807, 2.05) is 12.1 Å². The molecule has 0 N–H and O–H groups in total. The van der Waals surface area contributed by atoms with Gasteiger partial charge in [0, 0.05) is 27.8 Å². The van der Waals surface area contributed by atoms with Crippen LogP contribution in [-0.2, 0) is 0 Å². The number of anilines is 3. The number of hydrogen-bond donors (Lipinski definition) is 0. The third-order valence-corrected chi connectivity index (χ3v) is 12.4. The second-order valence-corrected chi connectivity index (χ2v) is 16.1. The second kappa shape index (κ2) is 14.8. The zero-order valence-corrected chi connectivity index (χ0v) is 33.9. The second-order valence-electron chi connectivity index (χ2n) is 16.1. The molecule has 0 unspecified atom stereocenters. The lowest BCUT2D eigenvalue weighted by Crippen LogP contribution is -2.10. The molecule has 0 atom stereocenters. The smallest absolute Gasteiger partial charge is 0.136 e. The lowest BCUT2D eigenvalue weighted by Gasteiger charge is -2.26. The van der Waals surface area contributed by atoms with Crippen LogP contribution in [0.3, 0.4) is 0 Å². The van der Waals surface area contributed by atoms with Crippen LogP contribution in [0.2, 0.25) is 0 Å². The Bertz CT molecular complexity index is 3620. The van der Waals surface area contributed by atoms with Gasteiger partial charge in [-0.15, -0.1) is 0 Å². The quantitative estimate of drug-likeness (QED) is 0.150. The van der Waals surface area contributed by atoms with Gasteiger partial charge in [-0.25, -0.2) is 0 Å². The molecule has 12 rings (SSSR count). The van der Waals surface area contributed by atoms with E-state index < -0.39 is 0 Å².